The molecule has 0 saturated carbocycles. The molecule has 1 amide bonds. The van der Waals surface area contributed by atoms with E-state index in [1.807, 2.05) is 37.2 Å². The largest absolute Gasteiger partial charge is 0.505 e. The number of hydrogen-bond acceptors (Lipinski definition) is 7. The van der Waals surface area contributed by atoms with Crippen LogP contribution < -0.4 is 9.47 Å². The number of imidazole rings is 1. The number of likely N-dealkylation sites (N-methyl/N-ethyl adjacent to an activating group) is 1. The van der Waals surface area contributed by atoms with Gasteiger partial charge in [-0.3, -0.25) is 14.0 Å². The van der Waals surface area contributed by atoms with Gasteiger partial charge in [0.05, 0.1) is 31.5 Å². The van der Waals surface area contributed by atoms with Gasteiger partial charge in [0.15, 0.2) is 17.3 Å². The molecular weight excluding hydrogens is 436 g/mol. The number of fused-ring (bicyclic) bond motifs is 1. The average Bonchev–Trinajstić information content (AvgIpc) is 3.29. The number of amides is 1. The minimum Gasteiger partial charge on any atom is -0.505 e. The van der Waals surface area contributed by atoms with Crippen LogP contribution in [0.15, 0.2) is 48.2 Å². The molecule has 2 aromatic heterocycles. The number of likely N-dealkylation sites (tertiary alicyclic amines) is 1. The number of aliphatic hydroxyl groups excluding tert-OH is 1. The normalized spacial score (nSPS) is 17.7. The predicted octanol–water partition coefficient (Wildman–Crippen LogP) is 2.64. The molecule has 9 heteroatoms. The summed E-state index contributed by atoms with van der Waals surface area (Å²) in [6.45, 7) is 2.61. The van der Waals surface area contributed by atoms with Crippen molar-refractivity contribution in [2.45, 2.75) is 13.0 Å². The highest BCUT2D eigenvalue weighted by molar-refractivity contribution is 6.46. The van der Waals surface area contributed by atoms with E-state index in [0.717, 1.165) is 0 Å². The number of methoxy groups -OCH3 is 2. The Morgan fingerprint density at radius 2 is 1.85 bits per heavy atom. The molecule has 34 heavy (non-hydrogen) atoms. The van der Waals surface area contributed by atoms with Crippen LogP contribution in [0.3, 0.4) is 0 Å². The van der Waals surface area contributed by atoms with Crippen LogP contribution in [0.25, 0.3) is 11.4 Å². The Morgan fingerprint density at radius 1 is 1.12 bits per heavy atom. The van der Waals surface area contributed by atoms with E-state index in [-0.39, 0.29) is 11.3 Å². The number of carbonyl (C=O) groups is 2. The van der Waals surface area contributed by atoms with Gasteiger partial charge in [0, 0.05) is 19.3 Å². The van der Waals surface area contributed by atoms with E-state index in [1.165, 1.54) is 19.1 Å². The van der Waals surface area contributed by atoms with E-state index in [9.17, 15) is 14.7 Å². The number of aliphatic hydroxyl groups is 1. The van der Waals surface area contributed by atoms with Crippen LogP contribution >= 0.6 is 0 Å². The molecule has 0 spiro atoms. The number of nitrogens with zero attached hydrogens (tertiary/aromatic N) is 4. The zero-order valence-corrected chi connectivity index (χ0v) is 19.9. The van der Waals surface area contributed by atoms with E-state index in [1.54, 1.807) is 35.7 Å². The third kappa shape index (κ3) is 3.88. The molecule has 1 atom stereocenters. The number of carbonyl (C=O) groups excluding carboxylic acids is 2. The number of rotatable bonds is 7. The van der Waals surface area contributed by atoms with Crippen molar-refractivity contribution in [3.8, 4) is 11.5 Å². The van der Waals surface area contributed by atoms with Gasteiger partial charge in [0.2, 0.25) is 0 Å². The molecule has 4 rings (SSSR count). The van der Waals surface area contributed by atoms with Gasteiger partial charge in [0.1, 0.15) is 11.3 Å². The maximum absolute atomic E-state index is 13.3. The molecule has 3 heterocycles. The number of pyridine rings is 1. The summed E-state index contributed by atoms with van der Waals surface area (Å²) >= 11 is 0. The Morgan fingerprint density at radius 3 is 2.53 bits per heavy atom. The fourth-order valence-electron chi connectivity index (χ4n) is 4.31. The van der Waals surface area contributed by atoms with Crippen molar-refractivity contribution in [1.29, 1.82) is 0 Å². The number of ketones is 1. The quantitative estimate of drug-likeness (QED) is 0.326. The van der Waals surface area contributed by atoms with Gasteiger partial charge in [0.25, 0.3) is 11.7 Å². The first-order valence-corrected chi connectivity index (χ1v) is 10.9. The molecule has 1 N–H and O–H groups in total. The van der Waals surface area contributed by atoms with Gasteiger partial charge in [-0.05, 0) is 50.8 Å². The maximum atomic E-state index is 13.3. The Bertz CT molecular complexity index is 1290. The van der Waals surface area contributed by atoms with Crippen molar-refractivity contribution >= 4 is 23.1 Å². The van der Waals surface area contributed by atoms with Crippen LogP contribution in [0.2, 0.25) is 0 Å². The van der Waals surface area contributed by atoms with E-state index < -0.39 is 17.7 Å². The third-order valence-electron chi connectivity index (χ3n) is 5.98. The average molecular weight is 465 g/mol. The van der Waals surface area contributed by atoms with E-state index in [0.29, 0.717) is 47.2 Å². The SMILES string of the molecule is COc1ccc([C@H]2C(=C(O)c3c(C)nc4ccccn34)C(=O)C(=O)N2CCN(C)C)cc1OC. The molecule has 0 aliphatic carbocycles. The minimum absolute atomic E-state index is 0.0183. The third-order valence-corrected chi connectivity index (χ3v) is 5.98. The van der Waals surface area contributed by atoms with Crippen LogP contribution in [0.5, 0.6) is 11.5 Å². The predicted molar refractivity (Wildman–Crippen MR) is 127 cm³/mol. The first kappa shape index (κ1) is 23.3. The van der Waals surface area contributed by atoms with Crippen molar-refractivity contribution < 1.29 is 24.2 Å². The second-order valence-corrected chi connectivity index (χ2v) is 8.38. The van der Waals surface area contributed by atoms with Gasteiger partial charge in [-0.15, -0.1) is 0 Å². The number of benzene rings is 1. The highest BCUT2D eigenvalue weighted by Gasteiger charge is 2.46. The Balaban J connectivity index is 1.94. The lowest BCUT2D eigenvalue weighted by Crippen LogP contribution is -2.35. The molecular formula is C25H28N4O5. The van der Waals surface area contributed by atoms with Crippen LogP contribution in [0.4, 0.5) is 0 Å². The Kier molecular flexibility index (Phi) is 6.30. The zero-order valence-electron chi connectivity index (χ0n) is 19.9. The molecule has 0 bridgehead atoms. The summed E-state index contributed by atoms with van der Waals surface area (Å²) in [5.74, 6) is -0.670. The molecule has 1 aliphatic rings. The summed E-state index contributed by atoms with van der Waals surface area (Å²) < 4.78 is 12.5. The fourth-order valence-corrected chi connectivity index (χ4v) is 4.31. The van der Waals surface area contributed by atoms with Crippen molar-refractivity contribution in [3.05, 3.63) is 65.1 Å². The minimum atomic E-state index is -0.798. The summed E-state index contributed by atoms with van der Waals surface area (Å²) in [6, 6.07) is 9.89. The second kappa shape index (κ2) is 9.18. The molecule has 1 fully saturated rings. The lowest BCUT2D eigenvalue weighted by Gasteiger charge is -2.27. The topological polar surface area (TPSA) is 96.6 Å². The molecule has 1 aromatic carbocycles. The Labute approximate surface area is 197 Å². The van der Waals surface area contributed by atoms with Crippen molar-refractivity contribution in [3.63, 3.8) is 0 Å². The summed E-state index contributed by atoms with van der Waals surface area (Å²) in [4.78, 5) is 34.4. The van der Waals surface area contributed by atoms with Gasteiger partial charge in [-0.2, -0.15) is 0 Å². The number of aryl methyl sites for hydroxylation is 1. The standard InChI is InChI=1S/C25H28N4O5/c1-15-21(28-11-7-6-8-19(28)26-15)23(30)20-22(16-9-10-17(33-4)18(14-16)34-5)29(13-12-27(2)3)25(32)24(20)31/h6-11,14,22,30H,12-13H2,1-5H3/t22-/m0/s1. The number of ether oxygens (including phenoxy) is 2. The highest BCUT2D eigenvalue weighted by atomic mass is 16.5. The molecule has 178 valence electrons. The van der Waals surface area contributed by atoms with Crippen molar-refractivity contribution in [2.24, 2.45) is 0 Å². The smallest absolute Gasteiger partial charge is 0.295 e. The summed E-state index contributed by atoms with van der Waals surface area (Å²) in [5.41, 5.74) is 2.21. The van der Waals surface area contributed by atoms with Crippen molar-refractivity contribution in [1.82, 2.24) is 19.2 Å². The van der Waals surface area contributed by atoms with Gasteiger partial charge in [-0.1, -0.05) is 12.1 Å². The van der Waals surface area contributed by atoms with E-state index in [2.05, 4.69) is 4.98 Å². The maximum Gasteiger partial charge on any atom is 0.295 e. The van der Waals surface area contributed by atoms with Crippen LogP contribution in [-0.2, 0) is 9.59 Å². The van der Waals surface area contributed by atoms with Crippen molar-refractivity contribution in [2.75, 3.05) is 41.4 Å². The zero-order chi connectivity index (χ0) is 24.6. The highest BCUT2D eigenvalue weighted by Crippen LogP contribution is 2.42. The Hall–Kier alpha value is -3.85. The summed E-state index contributed by atoms with van der Waals surface area (Å²) in [5, 5.41) is 11.5. The number of hydrogen-bond donors (Lipinski definition) is 1. The van der Waals surface area contributed by atoms with Gasteiger partial charge >= 0.3 is 0 Å². The second-order valence-electron chi connectivity index (χ2n) is 8.38. The van der Waals surface area contributed by atoms with Crippen LogP contribution in [-0.4, -0.2) is 77.4 Å². The van der Waals surface area contributed by atoms with E-state index in [4.69, 9.17) is 9.47 Å². The summed E-state index contributed by atoms with van der Waals surface area (Å²) in [7, 11) is 6.84. The van der Waals surface area contributed by atoms with Gasteiger partial charge in [-0.25, -0.2) is 4.98 Å². The molecule has 1 aliphatic heterocycles. The molecule has 3 aromatic rings. The fraction of sp³-hybridized carbons (Fsp3) is 0.320. The number of aromatic nitrogens is 2. The lowest BCUT2D eigenvalue weighted by molar-refractivity contribution is -0.140. The number of Topliss-reactive ketones (excluding diaryl/α,β-unsaturated/α-hetero) is 1. The molecule has 1 saturated heterocycles. The molecule has 0 radical (unpaired) electrons. The first-order valence-electron chi connectivity index (χ1n) is 10.9. The lowest BCUT2D eigenvalue weighted by atomic mass is 9.96. The first-order chi connectivity index (χ1) is 16.3. The van der Waals surface area contributed by atoms with Crippen LogP contribution in [0.1, 0.15) is 23.0 Å². The molecule has 9 nitrogen and oxygen atoms in total. The van der Waals surface area contributed by atoms with E-state index >= 15 is 0 Å². The summed E-state index contributed by atoms with van der Waals surface area (Å²) in [6.07, 6.45) is 1.76. The molecule has 0 unspecified atom stereocenters. The monoisotopic (exact) mass is 464 g/mol. The van der Waals surface area contributed by atoms with Crippen LogP contribution in [0, 0.1) is 6.92 Å². The van der Waals surface area contributed by atoms with Gasteiger partial charge < -0.3 is 24.4 Å².